The van der Waals surface area contributed by atoms with Crippen molar-refractivity contribution in [3.63, 3.8) is 0 Å². The van der Waals surface area contributed by atoms with Gasteiger partial charge < -0.3 is 5.11 Å². The van der Waals surface area contributed by atoms with Crippen molar-refractivity contribution in [2.45, 2.75) is 47.1 Å². The Kier molecular flexibility index (Phi) is 5.62. The molecule has 1 aliphatic carbocycles. The molecule has 1 unspecified atom stereocenters. The number of Topliss-reactive ketones (excluding diaryl/α,β-unsaturated/α-hetero) is 1. The monoisotopic (exact) mass is 288 g/mol. The van der Waals surface area contributed by atoms with Gasteiger partial charge in [0.15, 0.2) is 11.6 Å². The third-order valence-corrected chi connectivity index (χ3v) is 3.71. The highest BCUT2D eigenvalue weighted by atomic mass is 16.3. The molecule has 0 heterocycles. The quantitative estimate of drug-likeness (QED) is 0.638. The Morgan fingerprint density at radius 1 is 1.29 bits per heavy atom. The number of rotatable bonds is 4. The summed E-state index contributed by atoms with van der Waals surface area (Å²) >= 11 is 0. The lowest BCUT2D eigenvalue weighted by Crippen LogP contribution is -2.35. The van der Waals surface area contributed by atoms with Gasteiger partial charge in [-0.3, -0.25) is 9.59 Å². The Bertz CT molecular complexity index is 557. The van der Waals surface area contributed by atoms with Crippen LogP contribution in [0.3, 0.4) is 0 Å². The molecule has 0 saturated carbocycles. The van der Waals surface area contributed by atoms with Gasteiger partial charge in [-0.05, 0) is 49.8 Å². The fraction of sp³-hybridized carbons (Fsp3) is 0.444. The molecule has 1 rings (SSSR count). The predicted molar refractivity (Wildman–Crippen MR) is 84.8 cm³/mol. The minimum atomic E-state index is -0.896. The number of hydrogen-bond acceptors (Lipinski definition) is 3. The van der Waals surface area contributed by atoms with Crippen LogP contribution in [-0.4, -0.2) is 22.8 Å². The van der Waals surface area contributed by atoms with E-state index in [1.807, 2.05) is 39.0 Å². The fourth-order valence-corrected chi connectivity index (χ4v) is 2.53. The number of carbonyl (C=O) groups is 2. The van der Waals surface area contributed by atoms with E-state index in [9.17, 15) is 14.7 Å². The molecule has 0 aliphatic heterocycles. The highest BCUT2D eigenvalue weighted by Crippen LogP contribution is 2.39. The molecule has 0 aromatic heterocycles. The Labute approximate surface area is 126 Å². The van der Waals surface area contributed by atoms with Crippen LogP contribution in [0.2, 0.25) is 0 Å². The number of allylic oxidation sites excluding steroid dienone is 7. The summed E-state index contributed by atoms with van der Waals surface area (Å²) in [5.41, 5.74) is 2.34. The molecule has 0 aromatic rings. The van der Waals surface area contributed by atoms with Crippen LogP contribution in [0.1, 0.15) is 41.0 Å². The Morgan fingerprint density at radius 2 is 1.90 bits per heavy atom. The van der Waals surface area contributed by atoms with Gasteiger partial charge in [-0.1, -0.05) is 43.7 Å². The standard InChI is InChI=1S/C18H24O3/c1-12(7-6-8-13(2)19)9-10-15-14(3)17(21)16(20)11-18(15,4)5/h6-10,16,20H,11H2,1-5H3/b8-6+,10-9+,12-7+. The largest absolute Gasteiger partial charge is 0.385 e. The first-order valence-corrected chi connectivity index (χ1v) is 7.12. The molecule has 0 aromatic carbocycles. The van der Waals surface area contributed by atoms with Crippen LogP contribution in [0.15, 0.2) is 47.1 Å². The maximum atomic E-state index is 11.9. The molecule has 3 nitrogen and oxygen atoms in total. The lowest BCUT2D eigenvalue weighted by Gasteiger charge is -2.34. The summed E-state index contributed by atoms with van der Waals surface area (Å²) in [5.74, 6) is -0.179. The van der Waals surface area contributed by atoms with E-state index >= 15 is 0 Å². The molecule has 114 valence electrons. The Morgan fingerprint density at radius 3 is 2.48 bits per heavy atom. The van der Waals surface area contributed by atoms with Crippen LogP contribution < -0.4 is 0 Å². The van der Waals surface area contributed by atoms with E-state index in [2.05, 4.69) is 0 Å². The molecule has 1 aliphatic rings. The second kappa shape index (κ2) is 6.81. The first-order valence-electron chi connectivity index (χ1n) is 7.12. The molecular formula is C18H24O3. The van der Waals surface area contributed by atoms with Gasteiger partial charge >= 0.3 is 0 Å². The van der Waals surface area contributed by atoms with Crippen molar-refractivity contribution in [2.24, 2.45) is 5.41 Å². The van der Waals surface area contributed by atoms with Gasteiger partial charge in [0.1, 0.15) is 6.10 Å². The van der Waals surface area contributed by atoms with E-state index in [0.717, 1.165) is 11.1 Å². The molecule has 21 heavy (non-hydrogen) atoms. The van der Waals surface area contributed by atoms with Gasteiger partial charge in [0, 0.05) is 0 Å². The average molecular weight is 288 g/mol. The lowest BCUT2D eigenvalue weighted by atomic mass is 9.71. The van der Waals surface area contributed by atoms with E-state index in [0.29, 0.717) is 12.0 Å². The van der Waals surface area contributed by atoms with Crippen molar-refractivity contribution in [3.05, 3.63) is 47.1 Å². The molecule has 0 fully saturated rings. The van der Waals surface area contributed by atoms with Gasteiger partial charge in [-0.25, -0.2) is 0 Å². The van der Waals surface area contributed by atoms with E-state index in [-0.39, 0.29) is 17.0 Å². The number of hydrogen-bond donors (Lipinski definition) is 1. The van der Waals surface area contributed by atoms with Crippen LogP contribution in [0.5, 0.6) is 0 Å². The molecule has 3 heteroatoms. The summed E-state index contributed by atoms with van der Waals surface area (Å²) in [6.45, 7) is 9.26. The topological polar surface area (TPSA) is 54.4 Å². The smallest absolute Gasteiger partial charge is 0.187 e. The minimum absolute atomic E-state index is 0.00887. The van der Waals surface area contributed by atoms with Gasteiger partial charge in [-0.15, -0.1) is 0 Å². The van der Waals surface area contributed by atoms with Crippen LogP contribution in [0.4, 0.5) is 0 Å². The number of aliphatic hydroxyl groups is 1. The normalized spacial score (nSPS) is 23.4. The van der Waals surface area contributed by atoms with E-state index in [4.69, 9.17) is 0 Å². The molecule has 0 saturated heterocycles. The van der Waals surface area contributed by atoms with E-state index in [1.54, 1.807) is 13.0 Å². The third-order valence-electron chi connectivity index (χ3n) is 3.71. The van der Waals surface area contributed by atoms with Crippen molar-refractivity contribution in [1.82, 2.24) is 0 Å². The highest BCUT2D eigenvalue weighted by molar-refractivity contribution is 6.00. The van der Waals surface area contributed by atoms with E-state index in [1.165, 1.54) is 13.0 Å². The number of carbonyl (C=O) groups excluding carboxylic acids is 2. The second-order valence-corrected chi connectivity index (χ2v) is 6.22. The second-order valence-electron chi connectivity index (χ2n) is 6.22. The summed E-state index contributed by atoms with van der Waals surface area (Å²) in [7, 11) is 0. The molecule has 0 spiro atoms. The molecular weight excluding hydrogens is 264 g/mol. The van der Waals surface area contributed by atoms with Crippen molar-refractivity contribution < 1.29 is 14.7 Å². The predicted octanol–water partition coefficient (Wildman–Crippen LogP) is 3.31. The summed E-state index contributed by atoms with van der Waals surface area (Å²) in [5, 5.41) is 9.79. The maximum absolute atomic E-state index is 11.9. The van der Waals surface area contributed by atoms with Gasteiger partial charge in [0.25, 0.3) is 0 Å². The molecule has 0 bridgehead atoms. The van der Waals surface area contributed by atoms with Gasteiger partial charge in [-0.2, -0.15) is 0 Å². The molecule has 1 N–H and O–H groups in total. The van der Waals surface area contributed by atoms with Crippen molar-refractivity contribution in [2.75, 3.05) is 0 Å². The fourth-order valence-electron chi connectivity index (χ4n) is 2.53. The zero-order chi connectivity index (χ0) is 16.2. The zero-order valence-corrected chi connectivity index (χ0v) is 13.4. The number of ketones is 2. The molecule has 0 radical (unpaired) electrons. The summed E-state index contributed by atoms with van der Waals surface area (Å²) in [4.78, 5) is 22.7. The third kappa shape index (κ3) is 4.64. The first-order chi connectivity index (χ1) is 9.65. The Hall–Kier alpha value is -1.74. The number of aliphatic hydroxyl groups excluding tert-OH is 1. The van der Waals surface area contributed by atoms with Crippen LogP contribution in [0.25, 0.3) is 0 Å². The minimum Gasteiger partial charge on any atom is -0.385 e. The lowest BCUT2D eigenvalue weighted by molar-refractivity contribution is -0.125. The molecule has 1 atom stereocenters. The summed E-state index contributed by atoms with van der Waals surface area (Å²) in [6.07, 6.45) is 8.47. The zero-order valence-electron chi connectivity index (χ0n) is 13.4. The van der Waals surface area contributed by atoms with Crippen molar-refractivity contribution in [1.29, 1.82) is 0 Å². The summed E-state index contributed by atoms with van der Waals surface area (Å²) < 4.78 is 0. The molecule has 0 amide bonds. The van der Waals surface area contributed by atoms with E-state index < -0.39 is 6.10 Å². The van der Waals surface area contributed by atoms with Crippen LogP contribution in [0, 0.1) is 5.41 Å². The average Bonchev–Trinajstić information content (AvgIpc) is 2.34. The SMILES string of the molecule is CC(=O)/C=C/C=C(C)/C=C/C1=C(C)C(=O)C(O)CC1(C)C. The van der Waals surface area contributed by atoms with Crippen molar-refractivity contribution >= 4 is 11.6 Å². The van der Waals surface area contributed by atoms with Crippen LogP contribution >= 0.6 is 0 Å². The Balaban J connectivity index is 3.01. The summed E-state index contributed by atoms with van der Waals surface area (Å²) in [6, 6.07) is 0. The van der Waals surface area contributed by atoms with Gasteiger partial charge in [0.05, 0.1) is 0 Å². The first kappa shape index (κ1) is 17.3. The van der Waals surface area contributed by atoms with Crippen molar-refractivity contribution in [3.8, 4) is 0 Å². The van der Waals surface area contributed by atoms with Gasteiger partial charge in [0.2, 0.25) is 0 Å². The highest BCUT2D eigenvalue weighted by Gasteiger charge is 2.36. The van der Waals surface area contributed by atoms with Crippen LogP contribution in [-0.2, 0) is 9.59 Å². The maximum Gasteiger partial charge on any atom is 0.187 e.